The smallest absolute Gasteiger partial charge is 0.407 e. The second-order valence-electron chi connectivity index (χ2n) is 9.21. The number of rotatable bonds is 10. The summed E-state index contributed by atoms with van der Waals surface area (Å²) in [5.74, 6) is -1.27. The van der Waals surface area contributed by atoms with E-state index in [1.165, 1.54) is 27.2 Å². The van der Waals surface area contributed by atoms with E-state index >= 15 is 0 Å². The van der Waals surface area contributed by atoms with E-state index in [-0.39, 0.29) is 37.8 Å². The fourth-order valence-electron chi connectivity index (χ4n) is 5.06. The normalized spacial score (nSPS) is 18.7. The maximum Gasteiger partial charge on any atom is 0.407 e. The standard InChI is InChI=1S/C27H32N2O6/c30-18-15-24(26(32)33)29(16-18)25(31)13-3-1-2-8-14-28-27(34)35-17-23-21-11-6-4-9-19(21)20-10-5-7-12-22(20)23/h4-7,9-12,18,23-24,30H,1-3,8,13-17H2,(H,28,34)(H,32,33)/t18?,24-/m0/s1. The zero-order chi connectivity index (χ0) is 24.8. The van der Waals surface area contributed by atoms with Crippen LogP contribution in [0.4, 0.5) is 4.79 Å². The first-order chi connectivity index (χ1) is 17.0. The number of aliphatic hydroxyl groups is 1. The molecule has 1 heterocycles. The van der Waals surface area contributed by atoms with Crippen molar-refractivity contribution >= 4 is 18.0 Å². The Labute approximate surface area is 204 Å². The lowest BCUT2D eigenvalue weighted by atomic mass is 9.98. The molecule has 0 radical (unpaired) electrons. The number of fused-ring (bicyclic) bond motifs is 3. The third kappa shape index (κ3) is 5.82. The van der Waals surface area contributed by atoms with E-state index in [4.69, 9.17) is 4.74 Å². The fourth-order valence-corrected chi connectivity index (χ4v) is 5.06. The molecule has 8 nitrogen and oxygen atoms in total. The van der Waals surface area contributed by atoms with Gasteiger partial charge in [0.05, 0.1) is 6.10 Å². The predicted octanol–water partition coefficient (Wildman–Crippen LogP) is 3.52. The van der Waals surface area contributed by atoms with Crippen LogP contribution in [-0.4, -0.2) is 64.9 Å². The van der Waals surface area contributed by atoms with Gasteiger partial charge in [-0.05, 0) is 35.1 Å². The molecule has 186 valence electrons. The third-order valence-electron chi connectivity index (χ3n) is 6.81. The van der Waals surface area contributed by atoms with Crippen molar-refractivity contribution in [3.63, 3.8) is 0 Å². The summed E-state index contributed by atoms with van der Waals surface area (Å²) in [6.45, 7) is 0.856. The quantitative estimate of drug-likeness (QED) is 0.448. The SMILES string of the molecule is O=C(NCCCCCCC(=O)N1CC(O)C[C@H]1C(=O)O)OCC1c2ccccc2-c2ccccc21. The number of aliphatic hydroxyl groups excluding tert-OH is 1. The Morgan fingerprint density at radius 2 is 1.57 bits per heavy atom. The van der Waals surface area contributed by atoms with Gasteiger partial charge in [-0.2, -0.15) is 0 Å². The van der Waals surface area contributed by atoms with Gasteiger partial charge >= 0.3 is 12.1 Å². The van der Waals surface area contributed by atoms with Gasteiger partial charge in [0, 0.05) is 31.8 Å². The molecular formula is C27H32N2O6. The van der Waals surface area contributed by atoms with E-state index in [0.717, 1.165) is 19.3 Å². The Hall–Kier alpha value is -3.39. The number of likely N-dealkylation sites (tertiary alicyclic amines) is 1. The molecule has 1 saturated heterocycles. The van der Waals surface area contributed by atoms with Gasteiger partial charge in [-0.15, -0.1) is 0 Å². The Kier molecular flexibility index (Phi) is 8.02. The van der Waals surface area contributed by atoms with E-state index in [2.05, 4.69) is 29.6 Å². The van der Waals surface area contributed by atoms with Crippen molar-refractivity contribution in [1.82, 2.24) is 10.2 Å². The van der Waals surface area contributed by atoms with Gasteiger partial charge in [0.25, 0.3) is 0 Å². The summed E-state index contributed by atoms with van der Waals surface area (Å²) in [4.78, 5) is 37.0. The topological polar surface area (TPSA) is 116 Å². The minimum absolute atomic E-state index is 0.0307. The Morgan fingerprint density at radius 1 is 0.943 bits per heavy atom. The van der Waals surface area contributed by atoms with Gasteiger partial charge in [0.15, 0.2) is 0 Å². The lowest BCUT2D eigenvalue weighted by Crippen LogP contribution is -2.40. The van der Waals surface area contributed by atoms with Gasteiger partial charge in [-0.3, -0.25) is 4.79 Å². The minimum atomic E-state index is -1.07. The molecule has 2 atom stereocenters. The molecule has 1 unspecified atom stereocenters. The van der Waals surface area contributed by atoms with Crippen LogP contribution in [0.2, 0.25) is 0 Å². The van der Waals surface area contributed by atoms with E-state index in [1.54, 1.807) is 0 Å². The molecule has 1 fully saturated rings. The van der Waals surface area contributed by atoms with Crippen molar-refractivity contribution in [2.45, 2.75) is 56.6 Å². The second-order valence-corrected chi connectivity index (χ2v) is 9.21. The number of carboxylic acids is 1. The van der Waals surface area contributed by atoms with Crippen LogP contribution in [0.1, 0.15) is 55.6 Å². The first kappa shape index (κ1) is 24.7. The highest BCUT2D eigenvalue weighted by molar-refractivity contribution is 5.84. The number of carbonyl (C=O) groups excluding carboxylic acids is 2. The number of hydrogen-bond donors (Lipinski definition) is 3. The molecule has 0 bridgehead atoms. The van der Waals surface area contributed by atoms with Crippen molar-refractivity contribution in [2.75, 3.05) is 19.7 Å². The first-order valence-electron chi connectivity index (χ1n) is 12.2. The van der Waals surface area contributed by atoms with Crippen LogP contribution in [0.25, 0.3) is 11.1 Å². The van der Waals surface area contributed by atoms with Crippen LogP contribution in [0, 0.1) is 0 Å². The summed E-state index contributed by atoms with van der Waals surface area (Å²) >= 11 is 0. The number of carbonyl (C=O) groups is 3. The molecule has 3 N–H and O–H groups in total. The van der Waals surface area contributed by atoms with Gasteiger partial charge in [-0.25, -0.2) is 9.59 Å². The van der Waals surface area contributed by atoms with Crippen molar-refractivity contribution < 1.29 is 29.3 Å². The zero-order valence-electron chi connectivity index (χ0n) is 19.7. The van der Waals surface area contributed by atoms with Crippen molar-refractivity contribution in [3.8, 4) is 11.1 Å². The molecule has 8 heteroatoms. The molecule has 2 amide bonds. The number of nitrogens with one attached hydrogen (secondary N) is 1. The number of ether oxygens (including phenoxy) is 1. The van der Waals surface area contributed by atoms with E-state index in [9.17, 15) is 24.6 Å². The summed E-state index contributed by atoms with van der Waals surface area (Å²) < 4.78 is 5.53. The highest BCUT2D eigenvalue weighted by Crippen LogP contribution is 2.44. The average Bonchev–Trinajstić information content (AvgIpc) is 3.40. The third-order valence-corrected chi connectivity index (χ3v) is 6.81. The number of β-amino-alcohol motifs (C(OH)–C–C–N with tert-alkyl or cyclic N) is 1. The van der Waals surface area contributed by atoms with Crippen LogP contribution in [0.3, 0.4) is 0 Å². The lowest BCUT2D eigenvalue weighted by molar-refractivity contribution is -0.148. The van der Waals surface area contributed by atoms with Crippen molar-refractivity contribution in [3.05, 3.63) is 59.7 Å². The maximum absolute atomic E-state index is 12.3. The summed E-state index contributed by atoms with van der Waals surface area (Å²) in [6.07, 6.45) is 2.17. The van der Waals surface area contributed by atoms with E-state index in [1.807, 2.05) is 24.3 Å². The number of carboxylic acid groups (broad SMARTS) is 1. The summed E-state index contributed by atoms with van der Waals surface area (Å²) in [7, 11) is 0. The van der Waals surface area contributed by atoms with Crippen LogP contribution in [0.15, 0.2) is 48.5 Å². The molecule has 4 rings (SSSR count). The number of unbranched alkanes of at least 4 members (excludes halogenated alkanes) is 3. The number of hydrogen-bond acceptors (Lipinski definition) is 5. The maximum atomic E-state index is 12.3. The van der Waals surface area contributed by atoms with Gasteiger partial charge in [-0.1, -0.05) is 61.4 Å². The van der Waals surface area contributed by atoms with Gasteiger partial charge in [0.1, 0.15) is 12.6 Å². The summed E-state index contributed by atoms with van der Waals surface area (Å²) in [6, 6.07) is 15.5. The molecule has 2 aromatic rings. The fraction of sp³-hybridized carbons (Fsp3) is 0.444. The Morgan fingerprint density at radius 3 is 2.23 bits per heavy atom. The molecule has 0 aromatic heterocycles. The predicted molar refractivity (Wildman–Crippen MR) is 130 cm³/mol. The molecule has 0 spiro atoms. The zero-order valence-corrected chi connectivity index (χ0v) is 19.7. The largest absolute Gasteiger partial charge is 0.480 e. The number of aliphatic carboxylic acids is 1. The Bertz CT molecular complexity index is 1030. The van der Waals surface area contributed by atoms with Crippen molar-refractivity contribution in [2.24, 2.45) is 0 Å². The highest BCUT2D eigenvalue weighted by atomic mass is 16.5. The number of nitrogens with zero attached hydrogens (tertiary/aromatic N) is 1. The molecular weight excluding hydrogens is 448 g/mol. The molecule has 1 aliphatic carbocycles. The molecule has 0 saturated carbocycles. The summed E-state index contributed by atoms with van der Waals surface area (Å²) in [5.41, 5.74) is 4.73. The molecule has 1 aliphatic heterocycles. The Balaban J connectivity index is 1.11. The van der Waals surface area contributed by atoms with E-state index < -0.39 is 24.2 Å². The molecule has 35 heavy (non-hydrogen) atoms. The van der Waals surface area contributed by atoms with Crippen molar-refractivity contribution in [1.29, 1.82) is 0 Å². The summed E-state index contributed by atoms with van der Waals surface area (Å²) in [5, 5.41) is 21.7. The van der Waals surface area contributed by atoms with E-state index in [0.29, 0.717) is 13.0 Å². The molecule has 2 aromatic carbocycles. The number of benzene rings is 2. The second kappa shape index (κ2) is 11.4. The molecule has 2 aliphatic rings. The first-order valence-corrected chi connectivity index (χ1v) is 12.2. The minimum Gasteiger partial charge on any atom is -0.480 e. The van der Waals surface area contributed by atoms with Crippen LogP contribution in [0.5, 0.6) is 0 Å². The van der Waals surface area contributed by atoms with Gasteiger partial charge in [0.2, 0.25) is 5.91 Å². The van der Waals surface area contributed by atoms with Crippen LogP contribution >= 0.6 is 0 Å². The van der Waals surface area contributed by atoms with Gasteiger partial charge < -0.3 is 25.2 Å². The number of amides is 2. The highest BCUT2D eigenvalue weighted by Gasteiger charge is 2.38. The average molecular weight is 481 g/mol. The van der Waals surface area contributed by atoms with Crippen LogP contribution in [-0.2, 0) is 14.3 Å². The number of alkyl carbamates (subject to hydrolysis) is 1. The monoisotopic (exact) mass is 480 g/mol. The van der Waals surface area contributed by atoms with Crippen LogP contribution < -0.4 is 5.32 Å². The lowest BCUT2D eigenvalue weighted by Gasteiger charge is -2.21.